The van der Waals surface area contributed by atoms with Crippen LogP contribution in [0.15, 0.2) is 6.20 Å². The van der Waals surface area contributed by atoms with Gasteiger partial charge in [-0.25, -0.2) is 13.2 Å². The molecule has 0 atom stereocenters. The van der Waals surface area contributed by atoms with Crippen molar-refractivity contribution in [3.8, 4) is 0 Å². The van der Waals surface area contributed by atoms with Crippen molar-refractivity contribution in [3.05, 3.63) is 17.5 Å². The molecule has 0 fully saturated rings. The summed E-state index contributed by atoms with van der Waals surface area (Å²) in [5.74, 6) is -1.66. The van der Waals surface area contributed by atoms with Gasteiger partial charge in [-0.05, 0) is 6.92 Å². The van der Waals surface area contributed by atoms with Gasteiger partial charge in [0.25, 0.3) is 0 Å². The quantitative estimate of drug-likeness (QED) is 0.761. The minimum absolute atomic E-state index is 0.0787. The number of carbonyl (C=O) groups is 1. The Morgan fingerprint density at radius 3 is 2.50 bits per heavy atom. The molecule has 0 saturated carbocycles. The summed E-state index contributed by atoms with van der Waals surface area (Å²) in [4.78, 5) is 11.4. The van der Waals surface area contributed by atoms with Crippen LogP contribution in [-0.2, 0) is 27.3 Å². The lowest BCUT2D eigenvalue weighted by atomic mass is 10.2. The number of ether oxygens (including phenoxy) is 1. The Bertz CT molecular complexity index is 592. The Balaban J connectivity index is 3.17. The van der Waals surface area contributed by atoms with E-state index in [4.69, 9.17) is 0 Å². The molecular formula is C10H13F3N2O4S. The number of alkyl halides is 3. The fourth-order valence-corrected chi connectivity index (χ4v) is 1.97. The van der Waals surface area contributed by atoms with E-state index in [0.29, 0.717) is 4.68 Å². The van der Waals surface area contributed by atoms with Crippen molar-refractivity contribution < 1.29 is 31.1 Å². The van der Waals surface area contributed by atoms with E-state index >= 15 is 0 Å². The molecule has 0 saturated heterocycles. The zero-order valence-corrected chi connectivity index (χ0v) is 11.6. The lowest BCUT2D eigenvalue weighted by molar-refractivity contribution is -0.144. The van der Waals surface area contributed by atoms with Crippen LogP contribution in [0.4, 0.5) is 13.2 Å². The van der Waals surface area contributed by atoms with Crippen molar-refractivity contribution in [1.82, 2.24) is 9.78 Å². The highest BCUT2D eigenvalue weighted by atomic mass is 32.2. The standard InChI is InChI=1S/C10H13F3N2O4S/c1-3-19-9(16)7-6-14-15(4-5-20(2,17)18)8(7)10(11,12)13/h6H,3-5H2,1-2H3. The molecule has 20 heavy (non-hydrogen) atoms. The maximum atomic E-state index is 12.9. The van der Waals surface area contributed by atoms with E-state index in [2.05, 4.69) is 9.84 Å². The molecule has 1 rings (SSSR count). The first kappa shape index (κ1) is 16.5. The van der Waals surface area contributed by atoms with Crippen molar-refractivity contribution in [2.24, 2.45) is 0 Å². The van der Waals surface area contributed by atoms with Crippen LogP contribution in [0.2, 0.25) is 0 Å². The summed E-state index contributed by atoms with van der Waals surface area (Å²) in [6.07, 6.45) is -3.21. The number of sulfone groups is 1. The second-order valence-electron chi connectivity index (χ2n) is 3.98. The van der Waals surface area contributed by atoms with E-state index in [9.17, 15) is 26.4 Å². The summed E-state index contributed by atoms with van der Waals surface area (Å²) in [5.41, 5.74) is -2.03. The zero-order chi connectivity index (χ0) is 15.6. The first-order valence-electron chi connectivity index (χ1n) is 5.54. The highest BCUT2D eigenvalue weighted by Crippen LogP contribution is 2.32. The summed E-state index contributed by atoms with van der Waals surface area (Å²) >= 11 is 0. The lowest BCUT2D eigenvalue weighted by Gasteiger charge is -2.11. The van der Waals surface area contributed by atoms with E-state index in [1.54, 1.807) is 0 Å². The maximum Gasteiger partial charge on any atom is 0.433 e. The summed E-state index contributed by atoms with van der Waals surface area (Å²) in [6.45, 7) is 0.886. The molecule has 0 spiro atoms. The van der Waals surface area contributed by atoms with Gasteiger partial charge in [0.1, 0.15) is 15.4 Å². The minimum atomic E-state index is -4.84. The third kappa shape index (κ3) is 4.22. The molecule has 1 aromatic heterocycles. The van der Waals surface area contributed by atoms with E-state index in [-0.39, 0.29) is 6.61 Å². The Hall–Kier alpha value is -1.58. The minimum Gasteiger partial charge on any atom is -0.462 e. The van der Waals surface area contributed by atoms with Gasteiger partial charge in [0.2, 0.25) is 0 Å². The molecule has 0 aliphatic rings. The van der Waals surface area contributed by atoms with Crippen LogP contribution in [0.1, 0.15) is 23.0 Å². The predicted molar refractivity (Wildman–Crippen MR) is 62.9 cm³/mol. The molecule has 0 amide bonds. The van der Waals surface area contributed by atoms with E-state index in [1.165, 1.54) is 6.92 Å². The Morgan fingerprint density at radius 1 is 1.45 bits per heavy atom. The Labute approximate surface area is 113 Å². The highest BCUT2D eigenvalue weighted by Gasteiger charge is 2.40. The van der Waals surface area contributed by atoms with Crippen LogP contribution in [-0.4, -0.2) is 42.8 Å². The van der Waals surface area contributed by atoms with Gasteiger partial charge in [-0.1, -0.05) is 0 Å². The van der Waals surface area contributed by atoms with Gasteiger partial charge in [0, 0.05) is 6.26 Å². The van der Waals surface area contributed by atoms with Crippen LogP contribution in [0, 0.1) is 0 Å². The third-order valence-electron chi connectivity index (χ3n) is 2.28. The Morgan fingerprint density at radius 2 is 2.05 bits per heavy atom. The van der Waals surface area contributed by atoms with Crippen LogP contribution in [0.3, 0.4) is 0 Å². The van der Waals surface area contributed by atoms with Crippen molar-refractivity contribution >= 4 is 15.8 Å². The first-order valence-corrected chi connectivity index (χ1v) is 7.60. The van der Waals surface area contributed by atoms with Gasteiger partial charge in [-0.15, -0.1) is 0 Å². The maximum absolute atomic E-state index is 12.9. The average Bonchev–Trinajstić information content (AvgIpc) is 2.69. The van der Waals surface area contributed by atoms with Crippen LogP contribution >= 0.6 is 0 Å². The fraction of sp³-hybridized carbons (Fsp3) is 0.600. The number of carbonyl (C=O) groups excluding carboxylic acids is 1. The van der Waals surface area contributed by atoms with Crippen LogP contribution < -0.4 is 0 Å². The molecule has 0 aliphatic heterocycles. The highest BCUT2D eigenvalue weighted by molar-refractivity contribution is 7.90. The molecule has 0 radical (unpaired) electrons. The summed E-state index contributed by atoms with van der Waals surface area (Å²) in [6, 6.07) is 0. The molecular weight excluding hydrogens is 301 g/mol. The number of hydrogen-bond donors (Lipinski definition) is 0. The summed E-state index contributed by atoms with van der Waals surface area (Å²) < 4.78 is 65.8. The van der Waals surface area contributed by atoms with Crippen LogP contribution in [0.5, 0.6) is 0 Å². The largest absolute Gasteiger partial charge is 0.462 e. The van der Waals surface area contributed by atoms with E-state index in [1.807, 2.05) is 0 Å². The molecule has 0 N–H and O–H groups in total. The lowest BCUT2D eigenvalue weighted by Crippen LogP contribution is -2.22. The zero-order valence-electron chi connectivity index (χ0n) is 10.8. The van der Waals surface area contributed by atoms with Gasteiger partial charge >= 0.3 is 12.1 Å². The van der Waals surface area contributed by atoms with Gasteiger partial charge in [-0.2, -0.15) is 18.3 Å². The number of hydrogen-bond acceptors (Lipinski definition) is 5. The van der Waals surface area contributed by atoms with Crippen LogP contribution in [0.25, 0.3) is 0 Å². The number of aromatic nitrogens is 2. The smallest absolute Gasteiger partial charge is 0.433 e. The molecule has 1 aromatic rings. The predicted octanol–water partition coefficient (Wildman–Crippen LogP) is 1.12. The topological polar surface area (TPSA) is 78.3 Å². The van der Waals surface area contributed by atoms with E-state index in [0.717, 1.165) is 12.5 Å². The first-order chi connectivity index (χ1) is 9.06. The molecule has 0 aliphatic carbocycles. The number of nitrogens with zero attached hydrogens (tertiary/aromatic N) is 2. The molecule has 1 heterocycles. The average molecular weight is 314 g/mol. The molecule has 0 bridgehead atoms. The van der Waals surface area contributed by atoms with Crippen molar-refractivity contribution in [3.63, 3.8) is 0 Å². The van der Waals surface area contributed by atoms with Gasteiger partial charge in [0.05, 0.1) is 25.1 Å². The molecule has 6 nitrogen and oxygen atoms in total. The van der Waals surface area contributed by atoms with Gasteiger partial charge < -0.3 is 4.74 Å². The molecule has 0 unspecified atom stereocenters. The van der Waals surface area contributed by atoms with Gasteiger partial charge in [-0.3, -0.25) is 4.68 Å². The van der Waals surface area contributed by atoms with Crippen molar-refractivity contribution in [2.75, 3.05) is 18.6 Å². The Kier molecular flexibility index (Phi) is 4.79. The van der Waals surface area contributed by atoms with Gasteiger partial charge in [0.15, 0.2) is 5.69 Å². The second-order valence-corrected chi connectivity index (χ2v) is 6.24. The molecule has 114 valence electrons. The normalized spacial score (nSPS) is 12.4. The summed E-state index contributed by atoms with van der Waals surface area (Å²) in [7, 11) is -3.45. The monoisotopic (exact) mass is 314 g/mol. The summed E-state index contributed by atoms with van der Waals surface area (Å²) in [5, 5.41) is 3.42. The SMILES string of the molecule is CCOC(=O)c1cnn(CCS(C)(=O)=O)c1C(F)(F)F. The number of esters is 1. The van der Waals surface area contributed by atoms with Crippen molar-refractivity contribution in [2.45, 2.75) is 19.6 Å². The number of aryl methyl sites for hydroxylation is 1. The number of halogens is 3. The fourth-order valence-electron chi connectivity index (χ4n) is 1.46. The molecule has 10 heteroatoms. The molecule has 0 aromatic carbocycles. The van der Waals surface area contributed by atoms with Crippen molar-refractivity contribution in [1.29, 1.82) is 0 Å². The third-order valence-corrected chi connectivity index (χ3v) is 3.20. The second kappa shape index (κ2) is 5.81. The number of rotatable bonds is 5. The van der Waals surface area contributed by atoms with E-state index < -0.39 is 45.5 Å².